The first-order valence-electron chi connectivity index (χ1n) is 11.9. The molecule has 0 saturated carbocycles. The van der Waals surface area contributed by atoms with E-state index in [2.05, 4.69) is 10.1 Å². The number of pyridine rings is 1. The van der Waals surface area contributed by atoms with Gasteiger partial charge in [-0.15, -0.1) is 11.3 Å². The van der Waals surface area contributed by atoms with Crippen molar-refractivity contribution in [3.8, 4) is 22.0 Å². The van der Waals surface area contributed by atoms with Crippen LogP contribution in [0.25, 0.3) is 16.3 Å². The number of carboxylic acid groups (broad SMARTS) is 1. The summed E-state index contributed by atoms with van der Waals surface area (Å²) in [5, 5.41) is 13.2. The van der Waals surface area contributed by atoms with E-state index in [1.165, 1.54) is 4.31 Å². The van der Waals surface area contributed by atoms with Crippen molar-refractivity contribution >= 4 is 27.3 Å². The van der Waals surface area contributed by atoms with Crippen molar-refractivity contribution in [2.75, 3.05) is 6.61 Å². The number of benzene rings is 2. The van der Waals surface area contributed by atoms with Gasteiger partial charge in [0.05, 0.1) is 16.3 Å². The predicted molar refractivity (Wildman–Crippen MR) is 147 cm³/mol. The number of hydrogen-bond donors (Lipinski definition) is 1. The fraction of sp³-hybridized carbons (Fsp3) is 0.107. The highest BCUT2D eigenvalue weighted by atomic mass is 32.2. The predicted octanol–water partition coefficient (Wildman–Crippen LogP) is 4.85. The summed E-state index contributed by atoms with van der Waals surface area (Å²) < 4.78 is 36.5. The first-order chi connectivity index (χ1) is 18.9. The van der Waals surface area contributed by atoms with Crippen LogP contribution in [0.3, 0.4) is 0 Å². The van der Waals surface area contributed by atoms with E-state index in [0.717, 1.165) is 27.5 Å². The van der Waals surface area contributed by atoms with Crippen LogP contribution in [0.1, 0.15) is 11.1 Å². The highest BCUT2D eigenvalue weighted by molar-refractivity contribution is 7.91. The van der Waals surface area contributed by atoms with Crippen LogP contribution >= 0.6 is 11.3 Å². The van der Waals surface area contributed by atoms with Crippen LogP contribution in [0.15, 0.2) is 108 Å². The Morgan fingerprint density at radius 1 is 0.923 bits per heavy atom. The zero-order valence-electron chi connectivity index (χ0n) is 20.6. The number of ether oxygens (including phenoxy) is 1. The van der Waals surface area contributed by atoms with Crippen LogP contribution in [-0.2, 0) is 27.9 Å². The number of aromatic nitrogens is 3. The topological polar surface area (TPSA) is 115 Å². The summed E-state index contributed by atoms with van der Waals surface area (Å²) in [6, 6.07) is 25.0. The fourth-order valence-corrected chi connectivity index (χ4v) is 6.77. The summed E-state index contributed by atoms with van der Waals surface area (Å²) in [5.74, 6) is -0.742. The highest BCUT2D eigenvalue weighted by Crippen LogP contribution is 2.32. The smallest absolute Gasteiger partial charge is 0.341 e. The minimum absolute atomic E-state index is 0.0599. The maximum atomic E-state index is 13.9. The van der Waals surface area contributed by atoms with E-state index >= 15 is 0 Å². The second kappa shape index (κ2) is 11.6. The van der Waals surface area contributed by atoms with Gasteiger partial charge >= 0.3 is 5.97 Å². The van der Waals surface area contributed by atoms with Crippen LogP contribution in [0.4, 0.5) is 0 Å². The minimum Gasteiger partial charge on any atom is -0.482 e. The second-order valence-electron chi connectivity index (χ2n) is 8.55. The molecule has 0 saturated heterocycles. The summed E-state index contributed by atoms with van der Waals surface area (Å²) >= 11 is 1.16. The molecule has 39 heavy (non-hydrogen) atoms. The van der Waals surface area contributed by atoms with E-state index in [1.807, 2.05) is 54.7 Å². The largest absolute Gasteiger partial charge is 0.482 e. The molecule has 5 rings (SSSR count). The second-order valence-corrected chi connectivity index (χ2v) is 11.8. The molecule has 0 aliphatic rings. The number of carboxylic acids is 1. The first kappa shape index (κ1) is 26.3. The van der Waals surface area contributed by atoms with Crippen molar-refractivity contribution in [1.82, 2.24) is 19.1 Å². The number of thiophene rings is 1. The molecule has 0 bridgehead atoms. The molecule has 0 aliphatic carbocycles. The van der Waals surface area contributed by atoms with Gasteiger partial charge in [0.15, 0.2) is 6.61 Å². The molecule has 198 valence electrons. The molecule has 0 spiro atoms. The molecule has 1 N–H and O–H groups in total. The number of rotatable bonds is 11. The van der Waals surface area contributed by atoms with Gasteiger partial charge in [0.1, 0.15) is 9.96 Å². The number of nitrogens with zero attached hydrogens (tertiary/aromatic N) is 4. The Kier molecular flexibility index (Phi) is 7.82. The number of hydrogen-bond acceptors (Lipinski definition) is 7. The zero-order valence-corrected chi connectivity index (χ0v) is 22.3. The maximum absolute atomic E-state index is 13.9. The average molecular weight is 561 g/mol. The molecular formula is C28H24N4O5S2. The molecule has 9 nitrogen and oxygen atoms in total. The van der Waals surface area contributed by atoms with Crippen LogP contribution in [-0.4, -0.2) is 45.2 Å². The summed E-state index contributed by atoms with van der Waals surface area (Å²) in [6.07, 6.45) is 5.19. The number of sulfonamides is 1. The molecule has 0 aliphatic heterocycles. The number of aliphatic carboxylic acids is 1. The standard InChI is InChI=1S/C28H24N4O5S2/c33-27(34)20-37-24-6-3-5-22(17-24)19-31(18-21-8-10-23(11-9-21)32-16-4-15-30-32)39(35,36)28-13-12-26(38-28)25-7-1-2-14-29-25/h1-17H,18-20H2,(H,33,34). The molecule has 2 aromatic carbocycles. The Morgan fingerprint density at radius 3 is 2.46 bits per heavy atom. The third-order valence-corrected chi connectivity index (χ3v) is 9.14. The fourth-order valence-electron chi connectivity index (χ4n) is 3.92. The van der Waals surface area contributed by atoms with Gasteiger partial charge in [0.2, 0.25) is 0 Å². The molecule has 3 heterocycles. The van der Waals surface area contributed by atoms with Gasteiger partial charge < -0.3 is 9.84 Å². The van der Waals surface area contributed by atoms with Crippen molar-refractivity contribution < 1.29 is 23.1 Å². The molecule has 0 atom stereocenters. The van der Waals surface area contributed by atoms with Gasteiger partial charge in [0.25, 0.3) is 10.0 Å². The molecule has 5 aromatic rings. The molecular weight excluding hydrogens is 536 g/mol. The lowest BCUT2D eigenvalue weighted by molar-refractivity contribution is -0.139. The zero-order chi connectivity index (χ0) is 27.2. The first-order valence-corrected chi connectivity index (χ1v) is 14.2. The van der Waals surface area contributed by atoms with E-state index in [-0.39, 0.29) is 17.3 Å². The molecule has 0 radical (unpaired) electrons. The van der Waals surface area contributed by atoms with Crippen molar-refractivity contribution in [3.63, 3.8) is 0 Å². The Labute approximate surface area is 229 Å². The molecule has 0 fully saturated rings. The molecule has 11 heteroatoms. The van der Waals surface area contributed by atoms with Gasteiger partial charge in [0, 0.05) is 31.7 Å². The third kappa shape index (κ3) is 6.40. The Balaban J connectivity index is 1.45. The van der Waals surface area contributed by atoms with Crippen LogP contribution in [0, 0.1) is 0 Å². The van der Waals surface area contributed by atoms with E-state index < -0.39 is 22.6 Å². The van der Waals surface area contributed by atoms with Gasteiger partial charge in [-0.25, -0.2) is 17.9 Å². The van der Waals surface area contributed by atoms with Crippen LogP contribution in [0.5, 0.6) is 5.75 Å². The Hall–Kier alpha value is -4.32. The average Bonchev–Trinajstić information content (AvgIpc) is 3.66. The Morgan fingerprint density at radius 2 is 1.74 bits per heavy atom. The van der Waals surface area contributed by atoms with Gasteiger partial charge in [-0.05, 0) is 65.7 Å². The molecule has 0 amide bonds. The quantitative estimate of drug-likeness (QED) is 0.246. The van der Waals surface area contributed by atoms with Gasteiger partial charge in [-0.1, -0.05) is 30.3 Å². The lowest BCUT2D eigenvalue weighted by atomic mass is 10.2. The molecule has 3 aromatic heterocycles. The lowest BCUT2D eigenvalue weighted by Gasteiger charge is -2.22. The monoisotopic (exact) mass is 560 g/mol. The summed E-state index contributed by atoms with van der Waals surface area (Å²) in [6.45, 7) is -0.303. The van der Waals surface area contributed by atoms with E-state index in [1.54, 1.807) is 53.5 Å². The lowest BCUT2D eigenvalue weighted by Crippen LogP contribution is -2.29. The minimum atomic E-state index is -3.90. The normalized spacial score (nSPS) is 11.5. The summed E-state index contributed by atoms with van der Waals surface area (Å²) in [5.41, 5.74) is 3.03. The van der Waals surface area contributed by atoms with Crippen molar-refractivity contribution in [2.24, 2.45) is 0 Å². The number of carbonyl (C=O) groups is 1. The van der Waals surface area contributed by atoms with Gasteiger partial charge in [-0.3, -0.25) is 4.98 Å². The van der Waals surface area contributed by atoms with E-state index in [4.69, 9.17) is 9.84 Å². The third-order valence-electron chi connectivity index (χ3n) is 5.78. The highest BCUT2D eigenvalue weighted by Gasteiger charge is 2.27. The van der Waals surface area contributed by atoms with Crippen molar-refractivity contribution in [3.05, 3.63) is 115 Å². The Bertz CT molecular complexity index is 1650. The van der Waals surface area contributed by atoms with E-state index in [9.17, 15) is 13.2 Å². The van der Waals surface area contributed by atoms with E-state index in [0.29, 0.717) is 17.0 Å². The maximum Gasteiger partial charge on any atom is 0.341 e. The van der Waals surface area contributed by atoms with Crippen molar-refractivity contribution in [2.45, 2.75) is 17.3 Å². The molecule has 0 unspecified atom stereocenters. The SMILES string of the molecule is O=C(O)COc1cccc(CN(Cc2ccc(-n3cccn3)cc2)S(=O)(=O)c2ccc(-c3ccccn3)s2)c1. The van der Waals surface area contributed by atoms with Crippen molar-refractivity contribution in [1.29, 1.82) is 0 Å². The van der Waals surface area contributed by atoms with Crippen LogP contribution in [0.2, 0.25) is 0 Å². The van der Waals surface area contributed by atoms with Gasteiger partial charge in [-0.2, -0.15) is 9.40 Å². The summed E-state index contributed by atoms with van der Waals surface area (Å²) in [7, 11) is -3.90. The van der Waals surface area contributed by atoms with Crippen LogP contribution < -0.4 is 4.74 Å². The summed E-state index contributed by atoms with van der Waals surface area (Å²) in [4.78, 5) is 16.0.